The highest BCUT2D eigenvalue weighted by atomic mass is 16.4. The topological polar surface area (TPSA) is 49.3 Å². The summed E-state index contributed by atoms with van der Waals surface area (Å²) >= 11 is 0. The molecular weight excluding hydrogens is 298 g/mol. The second kappa shape index (κ2) is 18.4. The van der Waals surface area contributed by atoms with Crippen LogP contribution >= 0.6 is 0 Å². The van der Waals surface area contributed by atoms with E-state index in [1.165, 1.54) is 83.5 Å². The number of rotatable bonds is 19. The Labute approximate surface area is 150 Å². The molecule has 0 aliphatic heterocycles. The van der Waals surface area contributed by atoms with E-state index in [1.54, 1.807) is 0 Å². The molecule has 0 fully saturated rings. The Kier molecular flexibility index (Phi) is 17.6. The monoisotopic (exact) mass is 339 g/mol. The van der Waals surface area contributed by atoms with E-state index in [9.17, 15) is 4.79 Å². The van der Waals surface area contributed by atoms with Crippen molar-refractivity contribution in [1.29, 1.82) is 0 Å². The number of carboxylic acids is 1. The van der Waals surface area contributed by atoms with Crippen LogP contribution in [0.2, 0.25) is 0 Å². The third kappa shape index (κ3) is 19.1. The molecule has 0 aliphatic rings. The molecule has 0 aromatic carbocycles. The molecule has 0 atom stereocenters. The van der Waals surface area contributed by atoms with Crippen molar-refractivity contribution in [2.75, 3.05) is 6.54 Å². The Balaban J connectivity index is 3.14. The van der Waals surface area contributed by atoms with Crippen molar-refractivity contribution in [3.05, 3.63) is 12.3 Å². The highest BCUT2D eigenvalue weighted by Gasteiger charge is 1.98. The third-order valence-electron chi connectivity index (χ3n) is 4.52. The maximum Gasteiger partial charge on any atom is 0.303 e. The van der Waals surface area contributed by atoms with Crippen LogP contribution in [0.4, 0.5) is 0 Å². The molecule has 0 amide bonds. The predicted octanol–water partition coefficient (Wildman–Crippen LogP) is 6.44. The van der Waals surface area contributed by atoms with Crippen LogP contribution in [0.5, 0.6) is 0 Å². The van der Waals surface area contributed by atoms with Crippen molar-refractivity contribution in [3.63, 3.8) is 0 Å². The molecule has 0 aromatic rings. The van der Waals surface area contributed by atoms with Gasteiger partial charge in [-0.2, -0.15) is 0 Å². The molecule has 0 radical (unpaired) electrons. The highest BCUT2D eigenvalue weighted by Crippen LogP contribution is 2.13. The summed E-state index contributed by atoms with van der Waals surface area (Å²) in [5.74, 6) is -0.723. The summed E-state index contributed by atoms with van der Waals surface area (Å²) in [6, 6.07) is 0. The summed E-state index contributed by atoms with van der Waals surface area (Å²) in [6.07, 6.45) is 19.8. The summed E-state index contributed by atoms with van der Waals surface area (Å²) in [6.45, 7) is 7.01. The predicted molar refractivity (Wildman–Crippen MR) is 104 cm³/mol. The van der Waals surface area contributed by atoms with Gasteiger partial charge in [-0.1, -0.05) is 90.6 Å². The van der Waals surface area contributed by atoms with E-state index in [1.807, 2.05) is 0 Å². The van der Waals surface area contributed by atoms with E-state index < -0.39 is 5.97 Å². The summed E-state index contributed by atoms with van der Waals surface area (Å²) in [5, 5.41) is 11.8. The number of allylic oxidation sites excluding steroid dienone is 1. The number of carbonyl (C=O) groups is 1. The van der Waals surface area contributed by atoms with Gasteiger partial charge in [0.25, 0.3) is 0 Å². The van der Waals surface area contributed by atoms with E-state index >= 15 is 0 Å². The van der Waals surface area contributed by atoms with Crippen LogP contribution in [0.3, 0.4) is 0 Å². The summed E-state index contributed by atoms with van der Waals surface area (Å²) in [7, 11) is 0. The summed E-state index contributed by atoms with van der Waals surface area (Å²) < 4.78 is 0. The highest BCUT2D eigenvalue weighted by molar-refractivity contribution is 5.66. The third-order valence-corrected chi connectivity index (χ3v) is 4.52. The van der Waals surface area contributed by atoms with Gasteiger partial charge in [-0.25, -0.2) is 0 Å². The van der Waals surface area contributed by atoms with Crippen molar-refractivity contribution >= 4 is 5.97 Å². The van der Waals surface area contributed by atoms with Gasteiger partial charge < -0.3 is 10.4 Å². The van der Waals surface area contributed by atoms with Gasteiger partial charge in [0.05, 0.1) is 0 Å². The maximum atomic E-state index is 10.4. The van der Waals surface area contributed by atoms with Crippen LogP contribution in [0.15, 0.2) is 12.3 Å². The van der Waals surface area contributed by atoms with Crippen LogP contribution in [0, 0.1) is 0 Å². The molecule has 24 heavy (non-hydrogen) atoms. The van der Waals surface area contributed by atoms with Crippen LogP contribution in [-0.2, 0) is 4.79 Å². The van der Waals surface area contributed by atoms with Crippen molar-refractivity contribution in [1.82, 2.24) is 5.32 Å². The van der Waals surface area contributed by atoms with Crippen LogP contribution in [0.25, 0.3) is 0 Å². The number of aliphatic carboxylic acids is 1. The first-order valence-corrected chi connectivity index (χ1v) is 10.3. The van der Waals surface area contributed by atoms with Crippen LogP contribution in [-0.4, -0.2) is 17.6 Å². The van der Waals surface area contributed by atoms with Gasteiger partial charge >= 0.3 is 5.97 Å². The fourth-order valence-corrected chi connectivity index (χ4v) is 2.95. The van der Waals surface area contributed by atoms with E-state index in [-0.39, 0.29) is 6.42 Å². The first kappa shape index (κ1) is 23.0. The minimum Gasteiger partial charge on any atom is -0.481 e. The molecule has 0 saturated heterocycles. The number of hydrogen-bond donors (Lipinski definition) is 2. The molecule has 0 aliphatic carbocycles. The second-order valence-electron chi connectivity index (χ2n) is 7.02. The minimum atomic E-state index is -0.723. The van der Waals surface area contributed by atoms with Gasteiger partial charge in [0.15, 0.2) is 0 Å². The Morgan fingerprint density at radius 2 is 1.21 bits per heavy atom. The van der Waals surface area contributed by atoms with Crippen molar-refractivity contribution in [2.24, 2.45) is 0 Å². The molecule has 0 unspecified atom stereocenters. The number of unbranched alkanes of at least 4 members (excludes halogenated alkanes) is 12. The van der Waals surface area contributed by atoms with Crippen LogP contribution < -0.4 is 5.32 Å². The molecule has 0 saturated carbocycles. The second-order valence-corrected chi connectivity index (χ2v) is 7.02. The standard InChI is InChI=1S/C21H41NO2/c1-3-4-5-6-7-8-9-10-11-12-13-14-15-17-20(2)22-19-16-18-21(23)24/h22H,2-19H2,1H3,(H,23,24). The zero-order valence-corrected chi connectivity index (χ0v) is 16.1. The molecule has 3 heteroatoms. The number of nitrogens with one attached hydrogen (secondary N) is 1. The first-order chi connectivity index (χ1) is 11.7. The molecule has 142 valence electrons. The zero-order valence-electron chi connectivity index (χ0n) is 16.1. The quantitative estimate of drug-likeness (QED) is 0.266. The smallest absolute Gasteiger partial charge is 0.303 e. The molecule has 3 nitrogen and oxygen atoms in total. The lowest BCUT2D eigenvalue weighted by molar-refractivity contribution is -0.137. The van der Waals surface area contributed by atoms with Gasteiger partial charge in [-0.3, -0.25) is 4.79 Å². The van der Waals surface area contributed by atoms with E-state index in [0.717, 1.165) is 18.7 Å². The summed E-state index contributed by atoms with van der Waals surface area (Å²) in [4.78, 5) is 10.4. The molecule has 0 spiro atoms. The molecule has 0 rings (SSSR count). The zero-order chi connectivity index (χ0) is 17.9. The fourth-order valence-electron chi connectivity index (χ4n) is 2.95. The number of carboxylic acid groups (broad SMARTS) is 1. The Morgan fingerprint density at radius 3 is 1.67 bits per heavy atom. The van der Waals surface area contributed by atoms with Gasteiger partial charge in [0.2, 0.25) is 0 Å². The Hall–Kier alpha value is -0.990. The average molecular weight is 340 g/mol. The molecular formula is C21H41NO2. The lowest BCUT2D eigenvalue weighted by Gasteiger charge is -2.08. The lowest BCUT2D eigenvalue weighted by atomic mass is 10.0. The average Bonchev–Trinajstić information content (AvgIpc) is 2.55. The van der Waals surface area contributed by atoms with Gasteiger partial charge in [-0.15, -0.1) is 0 Å². The van der Waals surface area contributed by atoms with E-state index in [2.05, 4.69) is 18.8 Å². The summed E-state index contributed by atoms with van der Waals surface area (Å²) in [5.41, 5.74) is 1.06. The van der Waals surface area contributed by atoms with Gasteiger partial charge in [0.1, 0.15) is 0 Å². The van der Waals surface area contributed by atoms with E-state index in [4.69, 9.17) is 5.11 Å². The van der Waals surface area contributed by atoms with Crippen LogP contribution in [0.1, 0.15) is 110 Å². The van der Waals surface area contributed by atoms with Gasteiger partial charge in [0, 0.05) is 18.7 Å². The first-order valence-electron chi connectivity index (χ1n) is 10.3. The molecule has 0 aromatic heterocycles. The normalized spacial score (nSPS) is 10.7. The van der Waals surface area contributed by atoms with Crippen molar-refractivity contribution in [2.45, 2.75) is 110 Å². The molecule has 0 bridgehead atoms. The van der Waals surface area contributed by atoms with E-state index in [0.29, 0.717) is 6.42 Å². The Bertz CT molecular complexity index is 302. The molecule has 0 heterocycles. The van der Waals surface area contributed by atoms with Crippen molar-refractivity contribution in [3.8, 4) is 0 Å². The van der Waals surface area contributed by atoms with Gasteiger partial charge in [-0.05, 0) is 19.3 Å². The lowest BCUT2D eigenvalue weighted by Crippen LogP contribution is -2.15. The fraction of sp³-hybridized carbons (Fsp3) is 0.857. The Morgan fingerprint density at radius 1 is 0.750 bits per heavy atom. The maximum absolute atomic E-state index is 10.4. The number of hydrogen-bond acceptors (Lipinski definition) is 2. The minimum absolute atomic E-state index is 0.235. The van der Waals surface area contributed by atoms with Crippen molar-refractivity contribution < 1.29 is 9.90 Å². The molecule has 2 N–H and O–H groups in total. The SMILES string of the molecule is C=C(CCCCCCCCCCCCCCC)NCCCC(=O)O. The largest absolute Gasteiger partial charge is 0.481 e.